The van der Waals surface area contributed by atoms with Crippen LogP contribution in [0, 0.1) is 0 Å². The number of benzene rings is 1. The van der Waals surface area contributed by atoms with E-state index < -0.39 is 5.60 Å². The van der Waals surface area contributed by atoms with Crippen LogP contribution in [-0.4, -0.2) is 30.1 Å². The monoisotopic (exact) mass is 262 g/mol. The summed E-state index contributed by atoms with van der Waals surface area (Å²) >= 11 is 0. The summed E-state index contributed by atoms with van der Waals surface area (Å²) in [7, 11) is 0. The normalized spacial score (nSPS) is 26.6. The molecule has 1 aliphatic rings. The predicted octanol–water partition coefficient (Wildman–Crippen LogP) is 1.46. The number of rotatable bonds is 3. The molecule has 0 aliphatic carbocycles. The van der Waals surface area contributed by atoms with Crippen molar-refractivity contribution < 1.29 is 9.53 Å². The highest BCUT2D eigenvalue weighted by atomic mass is 16.5. The van der Waals surface area contributed by atoms with Crippen molar-refractivity contribution in [3.8, 4) is 0 Å². The van der Waals surface area contributed by atoms with Gasteiger partial charge in [0, 0.05) is 18.6 Å². The second-order valence-corrected chi connectivity index (χ2v) is 5.95. The van der Waals surface area contributed by atoms with E-state index in [1.807, 2.05) is 51.1 Å². The molecule has 1 unspecified atom stereocenters. The molecule has 0 radical (unpaired) electrons. The van der Waals surface area contributed by atoms with Crippen molar-refractivity contribution in [3.05, 3.63) is 35.9 Å². The fraction of sp³-hybridized carbons (Fsp3) is 0.533. The van der Waals surface area contributed by atoms with Crippen LogP contribution in [0.15, 0.2) is 30.3 Å². The summed E-state index contributed by atoms with van der Waals surface area (Å²) in [5.41, 5.74) is -0.00537. The SMILES string of the molecule is CC1(C)CNCC(C)(OCc2ccccc2)C(=O)N1. The molecular formula is C15H22N2O2. The fourth-order valence-electron chi connectivity index (χ4n) is 2.11. The molecule has 0 spiro atoms. The van der Waals surface area contributed by atoms with Crippen LogP contribution >= 0.6 is 0 Å². The predicted molar refractivity (Wildman–Crippen MR) is 74.7 cm³/mol. The number of carbonyl (C=O) groups is 1. The zero-order chi connectivity index (χ0) is 13.9. The topological polar surface area (TPSA) is 50.4 Å². The molecule has 19 heavy (non-hydrogen) atoms. The molecule has 1 fully saturated rings. The minimum absolute atomic E-state index is 0.0570. The Hall–Kier alpha value is -1.39. The van der Waals surface area contributed by atoms with Gasteiger partial charge in [-0.05, 0) is 26.3 Å². The molecule has 1 amide bonds. The van der Waals surface area contributed by atoms with Crippen LogP contribution in [0.4, 0.5) is 0 Å². The van der Waals surface area contributed by atoms with Crippen molar-refractivity contribution >= 4 is 5.91 Å². The smallest absolute Gasteiger partial charge is 0.253 e. The van der Waals surface area contributed by atoms with Gasteiger partial charge in [-0.25, -0.2) is 0 Å². The van der Waals surface area contributed by atoms with Gasteiger partial charge in [-0.3, -0.25) is 4.79 Å². The van der Waals surface area contributed by atoms with Crippen molar-refractivity contribution in [2.24, 2.45) is 0 Å². The average Bonchev–Trinajstić information content (AvgIpc) is 2.46. The number of ether oxygens (including phenoxy) is 1. The molecule has 1 saturated heterocycles. The van der Waals surface area contributed by atoms with Crippen LogP contribution < -0.4 is 10.6 Å². The first kappa shape index (κ1) is 14.0. The van der Waals surface area contributed by atoms with Gasteiger partial charge in [0.15, 0.2) is 5.60 Å². The van der Waals surface area contributed by atoms with Crippen LogP contribution in [0.1, 0.15) is 26.3 Å². The molecule has 0 saturated carbocycles. The number of carbonyl (C=O) groups excluding carboxylic acids is 1. The van der Waals surface area contributed by atoms with Crippen LogP contribution in [0.3, 0.4) is 0 Å². The Morgan fingerprint density at radius 2 is 1.84 bits per heavy atom. The van der Waals surface area contributed by atoms with E-state index in [1.165, 1.54) is 0 Å². The number of hydrogen-bond donors (Lipinski definition) is 2. The zero-order valence-corrected chi connectivity index (χ0v) is 11.8. The largest absolute Gasteiger partial charge is 0.359 e. The molecule has 1 heterocycles. The molecule has 4 nitrogen and oxygen atoms in total. The van der Waals surface area contributed by atoms with E-state index in [0.717, 1.165) is 12.1 Å². The Bertz CT molecular complexity index is 445. The summed E-state index contributed by atoms with van der Waals surface area (Å²) in [4.78, 5) is 12.3. The molecule has 4 heteroatoms. The van der Waals surface area contributed by atoms with Gasteiger partial charge in [0.05, 0.1) is 6.61 Å². The van der Waals surface area contributed by atoms with Crippen molar-refractivity contribution in [3.63, 3.8) is 0 Å². The lowest BCUT2D eigenvalue weighted by Gasteiger charge is -2.28. The molecule has 2 rings (SSSR count). The summed E-state index contributed by atoms with van der Waals surface area (Å²) in [5, 5.41) is 6.31. The summed E-state index contributed by atoms with van der Waals surface area (Å²) in [6.07, 6.45) is 0. The molecular weight excluding hydrogens is 240 g/mol. The average molecular weight is 262 g/mol. The first-order valence-electron chi connectivity index (χ1n) is 6.63. The number of amides is 1. The third-order valence-electron chi connectivity index (χ3n) is 3.36. The van der Waals surface area contributed by atoms with Gasteiger partial charge in [0.2, 0.25) is 0 Å². The third kappa shape index (κ3) is 3.55. The molecule has 104 valence electrons. The van der Waals surface area contributed by atoms with Crippen LogP contribution in [-0.2, 0) is 16.1 Å². The van der Waals surface area contributed by atoms with E-state index in [4.69, 9.17) is 4.74 Å². The Morgan fingerprint density at radius 3 is 2.53 bits per heavy atom. The standard InChI is InChI=1S/C15H22N2O2/c1-14(2)10-16-11-15(3,13(18)17-14)19-9-12-7-5-4-6-8-12/h4-8,16H,9-11H2,1-3H3,(H,17,18). The van der Waals surface area contributed by atoms with Crippen molar-refractivity contribution in [2.45, 2.75) is 38.5 Å². The maximum Gasteiger partial charge on any atom is 0.253 e. The summed E-state index contributed by atoms with van der Waals surface area (Å²) in [6, 6.07) is 9.89. The van der Waals surface area contributed by atoms with Gasteiger partial charge in [-0.2, -0.15) is 0 Å². The number of hydrogen-bond acceptors (Lipinski definition) is 3. The zero-order valence-electron chi connectivity index (χ0n) is 11.8. The van der Waals surface area contributed by atoms with E-state index in [1.54, 1.807) is 0 Å². The van der Waals surface area contributed by atoms with Gasteiger partial charge in [-0.15, -0.1) is 0 Å². The second-order valence-electron chi connectivity index (χ2n) is 5.95. The van der Waals surface area contributed by atoms with Gasteiger partial charge in [-0.1, -0.05) is 30.3 Å². The Balaban J connectivity index is 2.03. The molecule has 1 aliphatic heterocycles. The minimum Gasteiger partial charge on any atom is -0.359 e. The minimum atomic E-state index is -0.830. The van der Waals surface area contributed by atoms with E-state index >= 15 is 0 Å². The second kappa shape index (κ2) is 5.31. The van der Waals surface area contributed by atoms with Crippen LogP contribution in [0.25, 0.3) is 0 Å². The lowest BCUT2D eigenvalue weighted by atomic mass is 10.0. The lowest BCUT2D eigenvalue weighted by molar-refractivity contribution is -0.146. The molecule has 0 bridgehead atoms. The molecule has 1 aromatic rings. The van der Waals surface area contributed by atoms with Crippen LogP contribution in [0.5, 0.6) is 0 Å². The summed E-state index contributed by atoms with van der Waals surface area (Å²) in [6.45, 7) is 7.53. The van der Waals surface area contributed by atoms with E-state index in [0.29, 0.717) is 13.2 Å². The maximum absolute atomic E-state index is 12.3. The Labute approximate surface area is 114 Å². The lowest BCUT2D eigenvalue weighted by Crippen LogP contribution is -2.53. The Morgan fingerprint density at radius 1 is 1.16 bits per heavy atom. The molecule has 1 atom stereocenters. The molecule has 1 aromatic carbocycles. The Kier molecular flexibility index (Phi) is 3.92. The summed E-state index contributed by atoms with van der Waals surface area (Å²) in [5.74, 6) is -0.0570. The molecule has 0 aromatic heterocycles. The van der Waals surface area contributed by atoms with Gasteiger partial charge >= 0.3 is 0 Å². The van der Waals surface area contributed by atoms with Crippen LogP contribution in [0.2, 0.25) is 0 Å². The quantitative estimate of drug-likeness (QED) is 0.867. The van der Waals surface area contributed by atoms with Crippen molar-refractivity contribution in [2.75, 3.05) is 13.1 Å². The highest BCUT2D eigenvalue weighted by Gasteiger charge is 2.39. The first-order valence-corrected chi connectivity index (χ1v) is 6.63. The van der Waals surface area contributed by atoms with Crippen molar-refractivity contribution in [1.82, 2.24) is 10.6 Å². The highest BCUT2D eigenvalue weighted by molar-refractivity contribution is 5.86. The maximum atomic E-state index is 12.3. The van der Waals surface area contributed by atoms with Gasteiger partial charge in [0.1, 0.15) is 0 Å². The fourth-order valence-corrected chi connectivity index (χ4v) is 2.11. The van der Waals surface area contributed by atoms with E-state index in [9.17, 15) is 4.79 Å². The summed E-state index contributed by atoms with van der Waals surface area (Å²) < 4.78 is 5.87. The van der Waals surface area contributed by atoms with E-state index in [2.05, 4.69) is 10.6 Å². The van der Waals surface area contributed by atoms with Crippen molar-refractivity contribution in [1.29, 1.82) is 0 Å². The van der Waals surface area contributed by atoms with Gasteiger partial charge in [0.25, 0.3) is 5.91 Å². The highest BCUT2D eigenvalue weighted by Crippen LogP contribution is 2.18. The van der Waals surface area contributed by atoms with E-state index in [-0.39, 0.29) is 11.4 Å². The first-order chi connectivity index (χ1) is 8.91. The van der Waals surface area contributed by atoms with Gasteiger partial charge < -0.3 is 15.4 Å². The third-order valence-corrected chi connectivity index (χ3v) is 3.36. The number of nitrogens with one attached hydrogen (secondary N) is 2. The molecule has 2 N–H and O–H groups in total.